The Kier molecular flexibility index (Phi) is 5.31. The van der Waals surface area contributed by atoms with Crippen molar-refractivity contribution in [2.45, 2.75) is 19.9 Å². The van der Waals surface area contributed by atoms with Gasteiger partial charge in [-0.15, -0.1) is 0 Å². The maximum atomic E-state index is 11.2. The lowest BCUT2D eigenvalue weighted by Gasteiger charge is -2.10. The minimum absolute atomic E-state index is 0.0102. The van der Waals surface area contributed by atoms with Crippen LogP contribution < -0.4 is 5.32 Å². The van der Waals surface area contributed by atoms with E-state index in [1.807, 2.05) is 0 Å². The van der Waals surface area contributed by atoms with E-state index >= 15 is 0 Å². The number of hydrogen-bond acceptors (Lipinski definition) is 4. The molecule has 2 N–H and O–H groups in total. The van der Waals surface area contributed by atoms with Gasteiger partial charge in [0.1, 0.15) is 4.99 Å². The predicted molar refractivity (Wildman–Crippen MR) is 68.5 cm³/mol. The van der Waals surface area contributed by atoms with E-state index in [2.05, 4.69) is 5.32 Å². The Hall–Kier alpha value is -1.89. The van der Waals surface area contributed by atoms with Gasteiger partial charge in [0.05, 0.1) is 18.7 Å². The number of nitrogens with zero attached hydrogens (tertiary/aromatic N) is 1. The quantitative estimate of drug-likeness (QED) is 0.790. The molecule has 6 nitrogen and oxygen atoms in total. The summed E-state index contributed by atoms with van der Waals surface area (Å²) < 4.78 is 6.38. The molecule has 0 aliphatic heterocycles. The van der Waals surface area contributed by atoms with Crippen LogP contribution in [0, 0.1) is 0 Å². The van der Waals surface area contributed by atoms with E-state index in [9.17, 15) is 9.59 Å². The van der Waals surface area contributed by atoms with E-state index in [0.29, 0.717) is 12.2 Å². The third-order valence-electron chi connectivity index (χ3n) is 2.12. The molecule has 0 fully saturated rings. The van der Waals surface area contributed by atoms with Crippen molar-refractivity contribution < 1.29 is 19.4 Å². The number of rotatable bonds is 5. The molecule has 7 heteroatoms. The van der Waals surface area contributed by atoms with Gasteiger partial charge in [-0.05, 0) is 19.1 Å². The Balaban J connectivity index is 2.65. The lowest BCUT2D eigenvalue weighted by atomic mass is 10.4. The van der Waals surface area contributed by atoms with E-state index in [-0.39, 0.29) is 18.0 Å². The van der Waals surface area contributed by atoms with Crippen molar-refractivity contribution in [3.05, 3.63) is 24.0 Å². The molecule has 0 spiro atoms. The standard InChI is InChI=1S/C11H14N2O4S/c1-2-17-11(16)12-10(18)8-4-3-6-13(8)7-5-9(14)15/h3-4,6H,2,5,7H2,1H3,(H,14,15)(H,12,16,18). The van der Waals surface area contributed by atoms with Crippen LogP contribution in [0.2, 0.25) is 0 Å². The van der Waals surface area contributed by atoms with E-state index in [4.69, 9.17) is 22.1 Å². The molecule has 1 aromatic rings. The fraction of sp³-hybridized carbons (Fsp3) is 0.364. The highest BCUT2D eigenvalue weighted by Crippen LogP contribution is 2.05. The second-order valence-electron chi connectivity index (χ2n) is 3.41. The fourth-order valence-electron chi connectivity index (χ4n) is 1.36. The smallest absolute Gasteiger partial charge is 0.412 e. The average Bonchev–Trinajstić information content (AvgIpc) is 2.74. The first kappa shape index (κ1) is 14.2. The number of carbonyl (C=O) groups is 2. The van der Waals surface area contributed by atoms with Crippen LogP contribution >= 0.6 is 12.2 Å². The second kappa shape index (κ2) is 6.75. The number of aromatic nitrogens is 1. The molecule has 0 aliphatic rings. The lowest BCUT2D eigenvalue weighted by Crippen LogP contribution is -2.31. The molecular weight excluding hydrogens is 256 g/mol. The zero-order valence-electron chi connectivity index (χ0n) is 9.88. The molecule has 0 saturated carbocycles. The minimum Gasteiger partial charge on any atom is -0.481 e. The molecule has 18 heavy (non-hydrogen) atoms. The summed E-state index contributed by atoms with van der Waals surface area (Å²) in [6, 6.07) is 3.44. The van der Waals surface area contributed by atoms with E-state index in [1.54, 1.807) is 29.8 Å². The largest absolute Gasteiger partial charge is 0.481 e. The van der Waals surface area contributed by atoms with Gasteiger partial charge in [0.25, 0.3) is 0 Å². The highest BCUT2D eigenvalue weighted by Gasteiger charge is 2.11. The van der Waals surface area contributed by atoms with Crippen LogP contribution in [0.15, 0.2) is 18.3 Å². The monoisotopic (exact) mass is 270 g/mol. The van der Waals surface area contributed by atoms with Crippen molar-refractivity contribution in [3.8, 4) is 0 Å². The first-order valence-corrected chi connectivity index (χ1v) is 5.80. The Morgan fingerprint density at radius 3 is 2.89 bits per heavy atom. The summed E-state index contributed by atoms with van der Waals surface area (Å²) in [6.45, 7) is 2.25. The van der Waals surface area contributed by atoms with Crippen molar-refractivity contribution in [3.63, 3.8) is 0 Å². The zero-order chi connectivity index (χ0) is 13.5. The topological polar surface area (TPSA) is 80.6 Å². The van der Waals surface area contributed by atoms with Crippen LogP contribution in [0.4, 0.5) is 4.79 Å². The third-order valence-corrected chi connectivity index (χ3v) is 2.43. The zero-order valence-corrected chi connectivity index (χ0v) is 10.7. The molecule has 0 saturated heterocycles. The summed E-state index contributed by atoms with van der Waals surface area (Å²) in [7, 11) is 0. The van der Waals surface area contributed by atoms with Gasteiger partial charge in [0.2, 0.25) is 0 Å². The van der Waals surface area contributed by atoms with Gasteiger partial charge >= 0.3 is 12.1 Å². The molecule has 1 aromatic heterocycles. The van der Waals surface area contributed by atoms with Gasteiger partial charge < -0.3 is 14.4 Å². The van der Waals surface area contributed by atoms with E-state index in [1.165, 1.54) is 0 Å². The Morgan fingerprint density at radius 2 is 2.28 bits per heavy atom. The van der Waals surface area contributed by atoms with E-state index < -0.39 is 12.1 Å². The maximum absolute atomic E-state index is 11.2. The number of ether oxygens (including phenoxy) is 1. The van der Waals surface area contributed by atoms with Gasteiger partial charge in [-0.3, -0.25) is 10.1 Å². The molecule has 0 unspecified atom stereocenters. The molecule has 0 aromatic carbocycles. The predicted octanol–water partition coefficient (Wildman–Crippen LogP) is 1.38. The number of aryl methyl sites for hydroxylation is 1. The number of thiocarbonyl (C=S) groups is 1. The SMILES string of the molecule is CCOC(=O)NC(=S)c1cccn1CCC(=O)O. The van der Waals surface area contributed by atoms with Crippen molar-refractivity contribution >= 4 is 29.3 Å². The highest BCUT2D eigenvalue weighted by molar-refractivity contribution is 7.80. The van der Waals surface area contributed by atoms with Crippen molar-refractivity contribution in [1.29, 1.82) is 0 Å². The molecule has 0 bridgehead atoms. The van der Waals surface area contributed by atoms with Crippen LogP contribution in [0.1, 0.15) is 19.0 Å². The second-order valence-corrected chi connectivity index (χ2v) is 3.81. The molecule has 98 valence electrons. The van der Waals surface area contributed by atoms with Gasteiger partial charge in [-0.25, -0.2) is 4.79 Å². The average molecular weight is 270 g/mol. The number of nitrogens with one attached hydrogen (secondary N) is 1. The molecule has 1 heterocycles. The van der Waals surface area contributed by atoms with Crippen molar-refractivity contribution in [1.82, 2.24) is 9.88 Å². The highest BCUT2D eigenvalue weighted by atomic mass is 32.1. The molecule has 0 radical (unpaired) electrons. The summed E-state index contributed by atoms with van der Waals surface area (Å²) in [5.74, 6) is -0.890. The molecule has 1 amide bonds. The van der Waals surface area contributed by atoms with Crippen LogP contribution in [0.3, 0.4) is 0 Å². The van der Waals surface area contributed by atoms with Crippen molar-refractivity contribution in [2.75, 3.05) is 6.61 Å². The van der Waals surface area contributed by atoms with Crippen LogP contribution in [-0.4, -0.2) is 33.3 Å². The number of carboxylic acid groups (broad SMARTS) is 1. The summed E-state index contributed by atoms with van der Waals surface area (Å²) >= 11 is 5.05. The number of carbonyl (C=O) groups excluding carboxylic acids is 1. The number of amides is 1. The van der Waals surface area contributed by atoms with Gasteiger partial charge in [-0.1, -0.05) is 12.2 Å². The first-order valence-electron chi connectivity index (χ1n) is 5.39. The number of hydrogen-bond donors (Lipinski definition) is 2. The Morgan fingerprint density at radius 1 is 1.56 bits per heavy atom. The molecule has 0 aliphatic carbocycles. The van der Waals surface area contributed by atoms with Crippen molar-refractivity contribution in [2.24, 2.45) is 0 Å². The molecule has 1 rings (SSSR count). The molecule has 0 atom stereocenters. The normalized spacial score (nSPS) is 9.83. The summed E-state index contributed by atoms with van der Waals surface area (Å²) in [4.78, 5) is 21.9. The van der Waals surface area contributed by atoms with Crippen LogP contribution in [-0.2, 0) is 16.1 Å². The van der Waals surface area contributed by atoms with Gasteiger partial charge in [0, 0.05) is 12.7 Å². The Bertz CT molecular complexity index is 456. The summed E-state index contributed by atoms with van der Waals surface area (Å²) in [6.07, 6.45) is 1.08. The molecular formula is C11H14N2O4S. The van der Waals surface area contributed by atoms with Gasteiger partial charge in [0.15, 0.2) is 0 Å². The maximum Gasteiger partial charge on any atom is 0.412 e. The Labute approximate surface area is 110 Å². The van der Waals surface area contributed by atoms with Crippen LogP contribution in [0.5, 0.6) is 0 Å². The minimum atomic E-state index is -0.890. The first-order chi connectivity index (χ1) is 8.54. The lowest BCUT2D eigenvalue weighted by molar-refractivity contribution is -0.137. The van der Waals surface area contributed by atoms with Gasteiger partial charge in [-0.2, -0.15) is 0 Å². The number of alkyl carbamates (subject to hydrolysis) is 1. The van der Waals surface area contributed by atoms with Crippen LogP contribution in [0.25, 0.3) is 0 Å². The number of carboxylic acids is 1. The summed E-state index contributed by atoms with van der Waals surface area (Å²) in [5, 5.41) is 11.0. The summed E-state index contributed by atoms with van der Waals surface area (Å²) in [5.41, 5.74) is 0.583. The fourth-order valence-corrected chi connectivity index (χ4v) is 1.62. The van der Waals surface area contributed by atoms with E-state index in [0.717, 1.165) is 0 Å². The third kappa shape index (κ3) is 4.17. The number of aliphatic carboxylic acids is 1.